The molecule has 4 aromatic rings. The Balaban J connectivity index is 1.27. The first-order valence-electron chi connectivity index (χ1n) is 11.5. The second-order valence-electron chi connectivity index (χ2n) is 8.66. The van der Waals surface area contributed by atoms with Crippen molar-refractivity contribution < 1.29 is 22.4 Å². The number of carbonyl (C=O) groups excluding carboxylic acids is 1. The van der Waals surface area contributed by atoms with Gasteiger partial charge in [0.1, 0.15) is 17.0 Å². The second-order valence-corrected chi connectivity index (χ2v) is 8.66. The molecular weight excluding hydrogens is 492 g/mol. The van der Waals surface area contributed by atoms with Crippen LogP contribution in [0, 0.1) is 5.82 Å². The molecule has 0 saturated carbocycles. The van der Waals surface area contributed by atoms with Gasteiger partial charge in [-0.05, 0) is 49.2 Å². The molecule has 9 nitrogen and oxygen atoms in total. The third-order valence-corrected chi connectivity index (χ3v) is 6.25. The molecule has 1 aliphatic heterocycles. The van der Waals surface area contributed by atoms with Crippen molar-refractivity contribution in [2.45, 2.75) is 25.1 Å². The first kappa shape index (κ1) is 24.4. The number of benzene rings is 1. The average Bonchev–Trinajstić information content (AvgIpc) is 3.30. The van der Waals surface area contributed by atoms with E-state index < -0.39 is 29.3 Å². The molecule has 1 aliphatic rings. The third kappa shape index (κ3) is 5.01. The molecule has 0 bridgehead atoms. The summed E-state index contributed by atoms with van der Waals surface area (Å²) in [5.41, 5.74) is 0.406. The Hall–Kier alpha value is -4.29. The molecule has 2 amide bonds. The predicted molar refractivity (Wildman–Crippen MR) is 128 cm³/mol. The van der Waals surface area contributed by atoms with Crippen molar-refractivity contribution in [3.05, 3.63) is 60.2 Å². The highest BCUT2D eigenvalue weighted by Gasteiger charge is 2.34. The normalized spacial score (nSPS) is 14.7. The molecule has 37 heavy (non-hydrogen) atoms. The number of aryl methyl sites for hydroxylation is 1. The van der Waals surface area contributed by atoms with E-state index in [0.717, 1.165) is 23.2 Å². The van der Waals surface area contributed by atoms with E-state index in [9.17, 15) is 22.4 Å². The van der Waals surface area contributed by atoms with Gasteiger partial charge >= 0.3 is 12.2 Å². The van der Waals surface area contributed by atoms with Crippen LogP contribution >= 0.6 is 0 Å². The number of alkyl halides is 3. The van der Waals surface area contributed by atoms with Crippen molar-refractivity contribution in [2.75, 3.05) is 23.3 Å². The predicted octanol–water partition coefficient (Wildman–Crippen LogP) is 4.37. The first-order chi connectivity index (χ1) is 17.7. The molecule has 1 aromatic carbocycles. The van der Waals surface area contributed by atoms with Crippen LogP contribution < -0.4 is 15.5 Å². The topological polar surface area (TPSA) is 101 Å². The minimum absolute atomic E-state index is 0.271. The summed E-state index contributed by atoms with van der Waals surface area (Å²) in [4.78, 5) is 19.0. The van der Waals surface area contributed by atoms with E-state index in [4.69, 9.17) is 0 Å². The van der Waals surface area contributed by atoms with Gasteiger partial charge in [0, 0.05) is 44.0 Å². The van der Waals surface area contributed by atoms with Crippen LogP contribution in [0.4, 0.5) is 33.9 Å². The number of rotatable bonds is 4. The lowest BCUT2D eigenvalue weighted by Gasteiger charge is -2.33. The molecule has 2 N–H and O–H groups in total. The minimum Gasteiger partial charge on any atom is -0.353 e. The summed E-state index contributed by atoms with van der Waals surface area (Å²) in [5.74, 6) is -0.422. The largest absolute Gasteiger partial charge is 0.418 e. The smallest absolute Gasteiger partial charge is 0.353 e. The van der Waals surface area contributed by atoms with E-state index in [1.807, 2.05) is 30.1 Å². The van der Waals surface area contributed by atoms with Crippen LogP contribution in [0.1, 0.15) is 18.4 Å². The zero-order valence-corrected chi connectivity index (χ0v) is 19.6. The SMILES string of the molecule is Cn1nccc1-c1nnc(N2CCC(NC(=O)Nc3ccc(F)cc3C(F)(F)F)CC2)c2ncccc12. The molecule has 1 saturated heterocycles. The van der Waals surface area contributed by atoms with Gasteiger partial charge in [-0.2, -0.15) is 18.3 Å². The molecule has 4 heterocycles. The van der Waals surface area contributed by atoms with Crippen molar-refractivity contribution in [3.8, 4) is 11.4 Å². The van der Waals surface area contributed by atoms with Crippen molar-refractivity contribution >= 4 is 28.4 Å². The van der Waals surface area contributed by atoms with Crippen LogP contribution in [0.5, 0.6) is 0 Å². The Morgan fingerprint density at radius 1 is 1.08 bits per heavy atom. The molecule has 0 radical (unpaired) electrons. The van der Waals surface area contributed by atoms with Crippen molar-refractivity contribution in [1.82, 2.24) is 30.3 Å². The highest BCUT2D eigenvalue weighted by atomic mass is 19.4. The lowest BCUT2D eigenvalue weighted by Crippen LogP contribution is -2.46. The maximum atomic E-state index is 13.3. The summed E-state index contributed by atoms with van der Waals surface area (Å²) in [7, 11) is 1.82. The number of aromatic nitrogens is 5. The summed E-state index contributed by atoms with van der Waals surface area (Å²) >= 11 is 0. The molecule has 0 unspecified atom stereocenters. The Labute approximate surface area is 208 Å². The van der Waals surface area contributed by atoms with Crippen LogP contribution in [0.25, 0.3) is 22.3 Å². The molecule has 0 aliphatic carbocycles. The summed E-state index contributed by atoms with van der Waals surface area (Å²) in [6.45, 7) is 1.06. The number of halogens is 4. The number of carbonyl (C=O) groups is 1. The zero-order chi connectivity index (χ0) is 26.2. The van der Waals surface area contributed by atoms with E-state index >= 15 is 0 Å². The summed E-state index contributed by atoms with van der Waals surface area (Å²) in [6.07, 6.45) is -0.379. The van der Waals surface area contributed by atoms with E-state index in [0.29, 0.717) is 49.0 Å². The number of hydrogen-bond donors (Lipinski definition) is 2. The van der Waals surface area contributed by atoms with Crippen molar-refractivity contribution in [2.24, 2.45) is 7.05 Å². The summed E-state index contributed by atoms with van der Waals surface area (Å²) in [5, 5.41) is 18.8. The van der Waals surface area contributed by atoms with Gasteiger partial charge in [0.15, 0.2) is 5.82 Å². The van der Waals surface area contributed by atoms with Crippen LogP contribution in [-0.2, 0) is 13.2 Å². The average molecular weight is 514 g/mol. The lowest BCUT2D eigenvalue weighted by molar-refractivity contribution is -0.137. The minimum atomic E-state index is -4.81. The van der Waals surface area contributed by atoms with Crippen LogP contribution in [0.2, 0.25) is 0 Å². The van der Waals surface area contributed by atoms with E-state index in [2.05, 4.69) is 30.9 Å². The van der Waals surface area contributed by atoms with Gasteiger partial charge < -0.3 is 15.5 Å². The molecule has 3 aromatic heterocycles. The van der Waals surface area contributed by atoms with Gasteiger partial charge in [0.2, 0.25) is 0 Å². The molecule has 5 rings (SSSR count). The maximum absolute atomic E-state index is 13.3. The van der Waals surface area contributed by atoms with E-state index in [1.165, 1.54) is 0 Å². The van der Waals surface area contributed by atoms with E-state index in [-0.39, 0.29) is 6.04 Å². The molecule has 13 heteroatoms. The number of amides is 2. The third-order valence-electron chi connectivity index (χ3n) is 6.25. The van der Waals surface area contributed by atoms with E-state index in [1.54, 1.807) is 17.1 Å². The van der Waals surface area contributed by atoms with Gasteiger partial charge in [0.25, 0.3) is 0 Å². The quantitative estimate of drug-likeness (QED) is 0.392. The number of anilines is 2. The Bertz CT molecular complexity index is 1450. The summed E-state index contributed by atoms with van der Waals surface area (Å²) < 4.78 is 54.7. The molecule has 192 valence electrons. The molecular formula is C24H22F4N8O. The van der Waals surface area contributed by atoms with Gasteiger partial charge in [0.05, 0.1) is 16.9 Å². The van der Waals surface area contributed by atoms with Gasteiger partial charge in [-0.3, -0.25) is 9.67 Å². The number of fused-ring (bicyclic) bond motifs is 1. The molecule has 0 spiro atoms. The van der Waals surface area contributed by atoms with Crippen LogP contribution in [0.15, 0.2) is 48.8 Å². The van der Waals surface area contributed by atoms with Crippen molar-refractivity contribution in [1.29, 1.82) is 0 Å². The van der Waals surface area contributed by atoms with Gasteiger partial charge in [-0.25, -0.2) is 9.18 Å². The number of urea groups is 1. The van der Waals surface area contributed by atoms with Crippen molar-refractivity contribution in [3.63, 3.8) is 0 Å². The number of nitrogens with one attached hydrogen (secondary N) is 2. The number of nitrogens with zero attached hydrogens (tertiary/aromatic N) is 6. The van der Waals surface area contributed by atoms with Crippen LogP contribution in [-0.4, -0.2) is 50.1 Å². The second kappa shape index (κ2) is 9.64. The van der Waals surface area contributed by atoms with Crippen LogP contribution in [0.3, 0.4) is 0 Å². The monoisotopic (exact) mass is 514 g/mol. The fraction of sp³-hybridized carbons (Fsp3) is 0.292. The first-order valence-corrected chi connectivity index (χ1v) is 11.5. The fourth-order valence-electron chi connectivity index (χ4n) is 4.42. The summed E-state index contributed by atoms with van der Waals surface area (Å²) in [6, 6.07) is 6.65. The molecule has 1 fully saturated rings. The maximum Gasteiger partial charge on any atom is 0.418 e. The fourth-order valence-corrected chi connectivity index (χ4v) is 4.42. The lowest BCUT2D eigenvalue weighted by atomic mass is 10.0. The molecule has 0 atom stereocenters. The standard InChI is InChI=1S/C24H22F4N8O/c1-35-19(6-10-30-35)20-16-3-2-9-29-21(16)22(34-33-20)36-11-7-15(8-12-36)31-23(37)32-18-5-4-14(25)13-17(18)24(26,27)28/h2-6,9-10,13,15H,7-8,11-12H2,1H3,(H2,31,32,37). The van der Waals surface area contributed by atoms with Gasteiger partial charge in [-0.1, -0.05) is 0 Å². The Kier molecular flexibility index (Phi) is 6.36. The number of hydrogen-bond acceptors (Lipinski definition) is 6. The highest BCUT2D eigenvalue weighted by Crippen LogP contribution is 2.35. The Morgan fingerprint density at radius 3 is 2.57 bits per heavy atom. The Morgan fingerprint density at radius 2 is 1.86 bits per heavy atom. The number of piperidine rings is 1. The zero-order valence-electron chi connectivity index (χ0n) is 19.6. The van der Waals surface area contributed by atoms with Gasteiger partial charge in [-0.15, -0.1) is 10.2 Å². The number of pyridine rings is 1. The highest BCUT2D eigenvalue weighted by molar-refractivity contribution is 5.97.